The number of H-pyrrole nitrogens is 1. The molecule has 8 nitrogen and oxygen atoms in total. The second-order valence-electron chi connectivity index (χ2n) is 8.37. The number of β-amino-alcohol motifs (C(OH)–C–C–N with tert-alkyl or cyclic N) is 1. The van der Waals surface area contributed by atoms with Crippen LogP contribution in [0, 0.1) is 5.92 Å². The Labute approximate surface area is 182 Å². The number of likely N-dealkylation sites (tertiary alicyclic amines) is 1. The number of aliphatic hydroxyl groups is 1. The second kappa shape index (κ2) is 7.28. The highest BCUT2D eigenvalue weighted by molar-refractivity contribution is 7.19. The Hall–Kier alpha value is -3.04. The number of aliphatic hydroxyl groups excluding tert-OH is 1. The molecule has 1 aliphatic carbocycles. The highest BCUT2D eigenvalue weighted by atomic mass is 32.1. The molecule has 3 aromatic heterocycles. The summed E-state index contributed by atoms with van der Waals surface area (Å²) in [4.78, 5) is 26.0. The third-order valence-corrected chi connectivity index (χ3v) is 7.53. The summed E-state index contributed by atoms with van der Waals surface area (Å²) in [6.07, 6.45) is 6.10. The maximum Gasteiger partial charge on any atom is 0.226 e. The fraction of sp³-hybridized carbons (Fsp3) is 0.364. The molecule has 1 amide bonds. The van der Waals surface area contributed by atoms with Crippen LogP contribution in [-0.4, -0.2) is 55.3 Å². The summed E-state index contributed by atoms with van der Waals surface area (Å²) in [6.45, 7) is 1.13. The summed E-state index contributed by atoms with van der Waals surface area (Å²) in [5, 5.41) is 22.4. The third kappa shape index (κ3) is 3.24. The van der Waals surface area contributed by atoms with Crippen LogP contribution in [0.15, 0.2) is 30.7 Å². The van der Waals surface area contributed by atoms with Crippen LogP contribution in [0.5, 0.6) is 0 Å². The van der Waals surface area contributed by atoms with Gasteiger partial charge >= 0.3 is 0 Å². The molecule has 2 aliphatic rings. The van der Waals surface area contributed by atoms with E-state index in [9.17, 15) is 9.90 Å². The zero-order valence-corrected chi connectivity index (χ0v) is 17.7. The van der Waals surface area contributed by atoms with Crippen LogP contribution in [0.1, 0.15) is 23.3 Å². The third-order valence-electron chi connectivity index (χ3n) is 6.37. The molecule has 1 fully saturated rings. The van der Waals surface area contributed by atoms with Crippen molar-refractivity contribution >= 4 is 49.9 Å². The van der Waals surface area contributed by atoms with E-state index in [2.05, 4.69) is 25.5 Å². The molecule has 31 heavy (non-hydrogen) atoms. The Bertz CT molecular complexity index is 1300. The predicted octanol–water partition coefficient (Wildman–Crippen LogP) is 3.01. The Morgan fingerprint density at radius 3 is 3.10 bits per heavy atom. The molecule has 6 rings (SSSR count). The van der Waals surface area contributed by atoms with Crippen molar-refractivity contribution in [3.8, 4) is 0 Å². The number of anilines is 2. The molecule has 0 saturated carbocycles. The maximum absolute atomic E-state index is 12.9. The molecule has 158 valence electrons. The lowest BCUT2D eigenvalue weighted by Crippen LogP contribution is -2.37. The number of amides is 1. The Morgan fingerprint density at radius 2 is 2.23 bits per heavy atom. The number of fused-ring (bicyclic) bond motifs is 4. The number of aryl methyl sites for hydroxylation is 1. The van der Waals surface area contributed by atoms with Crippen LogP contribution in [0.4, 0.5) is 11.5 Å². The zero-order valence-electron chi connectivity index (χ0n) is 16.8. The van der Waals surface area contributed by atoms with Crippen molar-refractivity contribution in [3.63, 3.8) is 0 Å². The van der Waals surface area contributed by atoms with Crippen LogP contribution in [0.2, 0.25) is 0 Å². The lowest BCUT2D eigenvalue weighted by molar-refractivity contribution is -0.135. The van der Waals surface area contributed by atoms with Gasteiger partial charge < -0.3 is 15.3 Å². The molecule has 2 atom stereocenters. The monoisotopic (exact) mass is 434 g/mol. The van der Waals surface area contributed by atoms with Gasteiger partial charge in [0.05, 0.1) is 23.2 Å². The van der Waals surface area contributed by atoms with E-state index in [0.717, 1.165) is 51.9 Å². The summed E-state index contributed by atoms with van der Waals surface area (Å²) < 4.78 is 0. The van der Waals surface area contributed by atoms with Gasteiger partial charge in [0.1, 0.15) is 17.0 Å². The molecule has 2 unspecified atom stereocenters. The minimum Gasteiger partial charge on any atom is -0.391 e. The van der Waals surface area contributed by atoms with Gasteiger partial charge in [-0.1, -0.05) is 0 Å². The van der Waals surface area contributed by atoms with E-state index < -0.39 is 0 Å². The summed E-state index contributed by atoms with van der Waals surface area (Å²) >= 11 is 1.67. The van der Waals surface area contributed by atoms with Gasteiger partial charge in [0.2, 0.25) is 5.91 Å². The highest BCUT2D eigenvalue weighted by Crippen LogP contribution is 2.41. The molecule has 3 N–H and O–H groups in total. The Morgan fingerprint density at radius 1 is 1.29 bits per heavy atom. The normalized spacial score (nSPS) is 21.0. The topological polar surface area (TPSA) is 107 Å². The van der Waals surface area contributed by atoms with Crippen molar-refractivity contribution in [2.24, 2.45) is 5.92 Å². The summed E-state index contributed by atoms with van der Waals surface area (Å²) in [5.41, 5.74) is 3.20. The van der Waals surface area contributed by atoms with Gasteiger partial charge in [0.15, 0.2) is 0 Å². The van der Waals surface area contributed by atoms with Crippen LogP contribution in [0.25, 0.3) is 21.1 Å². The molecule has 9 heteroatoms. The largest absolute Gasteiger partial charge is 0.391 e. The summed E-state index contributed by atoms with van der Waals surface area (Å²) in [7, 11) is 0. The van der Waals surface area contributed by atoms with Gasteiger partial charge in [-0.15, -0.1) is 11.3 Å². The number of nitrogens with zero attached hydrogens (tertiary/aromatic N) is 4. The molecule has 4 aromatic rings. The van der Waals surface area contributed by atoms with Gasteiger partial charge in [0, 0.05) is 35.0 Å². The molecule has 1 aromatic carbocycles. The number of aromatic amines is 1. The average molecular weight is 435 g/mol. The number of hydrogen-bond donors (Lipinski definition) is 3. The van der Waals surface area contributed by atoms with E-state index >= 15 is 0 Å². The number of hydrogen-bond acceptors (Lipinski definition) is 7. The number of aromatic nitrogens is 4. The fourth-order valence-corrected chi connectivity index (χ4v) is 6.04. The maximum atomic E-state index is 12.9. The first-order chi connectivity index (χ1) is 15.2. The number of carbonyl (C=O) groups is 1. The molecule has 0 bridgehead atoms. The van der Waals surface area contributed by atoms with Crippen molar-refractivity contribution in [2.75, 3.05) is 18.4 Å². The number of benzene rings is 1. The molecular formula is C22H22N6O2S. The molecule has 1 saturated heterocycles. The fourth-order valence-electron chi connectivity index (χ4n) is 4.77. The quantitative estimate of drug-likeness (QED) is 0.458. The van der Waals surface area contributed by atoms with Crippen molar-refractivity contribution < 1.29 is 9.90 Å². The average Bonchev–Trinajstić information content (AvgIpc) is 3.50. The first kappa shape index (κ1) is 18.7. The van der Waals surface area contributed by atoms with Gasteiger partial charge in [-0.3, -0.25) is 9.89 Å². The first-order valence-electron chi connectivity index (χ1n) is 10.6. The predicted molar refractivity (Wildman–Crippen MR) is 120 cm³/mol. The van der Waals surface area contributed by atoms with Crippen LogP contribution in [0.3, 0.4) is 0 Å². The highest BCUT2D eigenvalue weighted by Gasteiger charge is 2.34. The second-order valence-corrected chi connectivity index (χ2v) is 9.45. The molecule has 1 aliphatic heterocycles. The van der Waals surface area contributed by atoms with E-state index in [0.29, 0.717) is 19.5 Å². The van der Waals surface area contributed by atoms with Crippen molar-refractivity contribution in [1.82, 2.24) is 25.1 Å². The molecule has 0 spiro atoms. The van der Waals surface area contributed by atoms with Gasteiger partial charge in [-0.25, -0.2) is 9.97 Å². The Kier molecular flexibility index (Phi) is 4.39. The SMILES string of the molecule is O=C(C1CCc2c(sc3ncnc(Nc4ccc5[nH]ncc5c4)c23)C1)N1CCC(O)C1. The van der Waals surface area contributed by atoms with E-state index in [1.54, 1.807) is 23.9 Å². The van der Waals surface area contributed by atoms with Crippen molar-refractivity contribution in [1.29, 1.82) is 0 Å². The molecule has 4 heterocycles. The van der Waals surface area contributed by atoms with Gasteiger partial charge in [-0.05, 0) is 49.4 Å². The number of nitrogens with one attached hydrogen (secondary N) is 2. The minimum absolute atomic E-state index is 0.0151. The van der Waals surface area contributed by atoms with Crippen molar-refractivity contribution in [2.45, 2.75) is 31.8 Å². The van der Waals surface area contributed by atoms with E-state index in [1.807, 2.05) is 23.1 Å². The van der Waals surface area contributed by atoms with Gasteiger partial charge in [0.25, 0.3) is 0 Å². The standard InChI is InChI=1S/C22H22N6O2S/c29-15-5-6-28(10-15)22(30)12-1-3-16-18(8-12)31-21-19(16)20(23-11-24-21)26-14-2-4-17-13(7-14)9-25-27-17/h2,4,7,9,11-12,15,29H,1,3,5-6,8,10H2,(H,25,27)(H,23,24,26). The van der Waals surface area contributed by atoms with Crippen LogP contribution in [-0.2, 0) is 17.6 Å². The Balaban J connectivity index is 1.30. The summed E-state index contributed by atoms with van der Waals surface area (Å²) in [5.74, 6) is 0.967. The lowest BCUT2D eigenvalue weighted by Gasteiger charge is -2.26. The van der Waals surface area contributed by atoms with Crippen LogP contribution >= 0.6 is 11.3 Å². The molecular weight excluding hydrogens is 412 g/mol. The van der Waals surface area contributed by atoms with Crippen molar-refractivity contribution in [3.05, 3.63) is 41.2 Å². The van der Waals surface area contributed by atoms with E-state index in [-0.39, 0.29) is 17.9 Å². The molecule has 0 radical (unpaired) electrons. The number of rotatable bonds is 3. The summed E-state index contributed by atoms with van der Waals surface area (Å²) in [6, 6.07) is 6.05. The smallest absolute Gasteiger partial charge is 0.226 e. The zero-order chi connectivity index (χ0) is 20.9. The van der Waals surface area contributed by atoms with Gasteiger partial charge in [-0.2, -0.15) is 5.10 Å². The minimum atomic E-state index is -0.377. The number of carbonyl (C=O) groups excluding carboxylic acids is 1. The van der Waals surface area contributed by atoms with E-state index in [1.165, 1.54) is 10.4 Å². The number of thiophene rings is 1. The first-order valence-corrected chi connectivity index (χ1v) is 11.4. The lowest BCUT2D eigenvalue weighted by atomic mass is 9.87. The van der Waals surface area contributed by atoms with E-state index in [4.69, 9.17) is 0 Å². The van der Waals surface area contributed by atoms with Crippen LogP contribution < -0.4 is 5.32 Å².